The lowest BCUT2D eigenvalue weighted by molar-refractivity contribution is 0.276. The van der Waals surface area contributed by atoms with E-state index in [1.165, 1.54) is 23.0 Å². The molecule has 2 aromatic heterocycles. The third kappa shape index (κ3) is 3.41. The maximum absolute atomic E-state index is 12.0. The summed E-state index contributed by atoms with van der Waals surface area (Å²) in [5, 5.41) is 2.76. The molecule has 1 atom stereocenters. The zero-order valence-corrected chi connectivity index (χ0v) is 14.3. The molecule has 1 aliphatic heterocycles. The van der Waals surface area contributed by atoms with E-state index in [-0.39, 0.29) is 5.56 Å². The van der Waals surface area contributed by atoms with E-state index in [0.717, 1.165) is 25.3 Å². The van der Waals surface area contributed by atoms with Crippen molar-refractivity contribution in [3.05, 3.63) is 58.8 Å². The quantitative estimate of drug-likeness (QED) is 0.761. The van der Waals surface area contributed by atoms with Crippen molar-refractivity contribution in [3.8, 4) is 0 Å². The van der Waals surface area contributed by atoms with E-state index in [2.05, 4.69) is 62.2 Å². The summed E-state index contributed by atoms with van der Waals surface area (Å²) in [5.41, 5.74) is 1.94. The van der Waals surface area contributed by atoms with E-state index >= 15 is 0 Å². The van der Waals surface area contributed by atoms with Crippen molar-refractivity contribution in [2.24, 2.45) is 5.92 Å². The number of nitrogens with one attached hydrogen (secondary N) is 1. The molecular formula is C18H22N6O. The van der Waals surface area contributed by atoms with Gasteiger partial charge >= 0.3 is 0 Å². The Bertz CT molecular complexity index is 903. The zero-order chi connectivity index (χ0) is 17.2. The molecule has 1 fully saturated rings. The van der Waals surface area contributed by atoms with Gasteiger partial charge < -0.3 is 9.80 Å². The SMILES string of the molecule is CN(Cc1cc(=O)n2[nH]cnc2n1)C[C@@H]1CCN(c2ccccc2)C1. The van der Waals surface area contributed by atoms with Crippen LogP contribution < -0.4 is 10.5 Å². The van der Waals surface area contributed by atoms with E-state index in [1.807, 2.05) is 0 Å². The summed E-state index contributed by atoms with van der Waals surface area (Å²) in [6.45, 7) is 3.82. The van der Waals surface area contributed by atoms with Gasteiger partial charge in [0.15, 0.2) is 0 Å². The molecule has 0 saturated carbocycles. The Morgan fingerprint density at radius 3 is 3.00 bits per heavy atom. The van der Waals surface area contributed by atoms with Crippen LogP contribution in [0.25, 0.3) is 5.78 Å². The predicted octanol–water partition coefficient (Wildman–Crippen LogP) is 1.38. The number of para-hydroxylation sites is 1. The summed E-state index contributed by atoms with van der Waals surface area (Å²) < 4.78 is 1.35. The highest BCUT2D eigenvalue weighted by atomic mass is 16.1. The zero-order valence-electron chi connectivity index (χ0n) is 14.3. The maximum atomic E-state index is 12.0. The van der Waals surface area contributed by atoms with Crippen molar-refractivity contribution in [3.63, 3.8) is 0 Å². The standard InChI is InChI=1S/C18H22N6O/c1-22(12-15-9-17(25)24-18(21-15)19-13-20-24)10-14-7-8-23(11-14)16-5-3-2-4-6-16/h2-6,9,13-14H,7-8,10-12H2,1H3,(H,19,20,21)/t14-/m0/s1. The van der Waals surface area contributed by atoms with Crippen LogP contribution in [0.4, 0.5) is 5.69 Å². The van der Waals surface area contributed by atoms with E-state index in [0.29, 0.717) is 18.2 Å². The van der Waals surface area contributed by atoms with Crippen molar-refractivity contribution < 1.29 is 0 Å². The average molecular weight is 338 g/mol. The lowest BCUT2D eigenvalue weighted by Crippen LogP contribution is -2.29. The number of H-pyrrole nitrogens is 1. The molecule has 25 heavy (non-hydrogen) atoms. The van der Waals surface area contributed by atoms with Gasteiger partial charge in [-0.25, -0.2) is 9.97 Å². The topological polar surface area (TPSA) is 69.5 Å². The van der Waals surface area contributed by atoms with Crippen molar-refractivity contribution in [1.82, 2.24) is 24.5 Å². The van der Waals surface area contributed by atoms with E-state index in [4.69, 9.17) is 0 Å². The minimum absolute atomic E-state index is 0.123. The number of benzene rings is 1. The average Bonchev–Trinajstić information content (AvgIpc) is 3.25. The number of aromatic nitrogens is 4. The first-order chi connectivity index (χ1) is 12.2. The molecule has 1 N–H and O–H groups in total. The van der Waals surface area contributed by atoms with Gasteiger partial charge in [0, 0.05) is 37.9 Å². The van der Waals surface area contributed by atoms with Crippen LogP contribution in [0, 0.1) is 5.92 Å². The van der Waals surface area contributed by atoms with E-state index in [1.54, 1.807) is 6.07 Å². The van der Waals surface area contributed by atoms with Gasteiger partial charge in [0.2, 0.25) is 0 Å². The first-order valence-electron chi connectivity index (χ1n) is 8.59. The molecule has 0 unspecified atom stereocenters. The van der Waals surface area contributed by atoms with Crippen molar-refractivity contribution in [2.45, 2.75) is 13.0 Å². The van der Waals surface area contributed by atoms with Crippen LogP contribution >= 0.6 is 0 Å². The number of nitrogens with zero attached hydrogens (tertiary/aromatic N) is 5. The molecule has 3 heterocycles. The van der Waals surface area contributed by atoms with E-state index in [9.17, 15) is 4.79 Å². The Balaban J connectivity index is 1.37. The fourth-order valence-electron chi connectivity index (χ4n) is 3.59. The molecule has 0 amide bonds. The van der Waals surface area contributed by atoms with Crippen LogP contribution in [-0.2, 0) is 6.54 Å². The molecule has 130 valence electrons. The van der Waals surface area contributed by atoms with Gasteiger partial charge in [-0.05, 0) is 31.5 Å². The van der Waals surface area contributed by atoms with Gasteiger partial charge in [-0.15, -0.1) is 0 Å². The number of aromatic amines is 1. The summed E-state index contributed by atoms with van der Waals surface area (Å²) in [4.78, 5) is 25.2. The van der Waals surface area contributed by atoms with E-state index < -0.39 is 0 Å². The third-order valence-electron chi connectivity index (χ3n) is 4.73. The minimum atomic E-state index is -0.123. The highest BCUT2D eigenvalue weighted by Crippen LogP contribution is 2.24. The van der Waals surface area contributed by atoms with Crippen molar-refractivity contribution in [1.29, 1.82) is 0 Å². The monoisotopic (exact) mass is 338 g/mol. The number of fused-ring (bicyclic) bond motifs is 1. The fraction of sp³-hybridized carbons (Fsp3) is 0.389. The van der Waals surface area contributed by atoms with Crippen molar-refractivity contribution in [2.75, 3.05) is 31.6 Å². The van der Waals surface area contributed by atoms with Crippen LogP contribution in [0.3, 0.4) is 0 Å². The highest BCUT2D eigenvalue weighted by Gasteiger charge is 2.23. The Morgan fingerprint density at radius 2 is 2.16 bits per heavy atom. The Labute approximate surface area is 145 Å². The Hall–Kier alpha value is -2.67. The van der Waals surface area contributed by atoms with Crippen LogP contribution in [0.15, 0.2) is 47.5 Å². The summed E-state index contributed by atoms with van der Waals surface area (Å²) in [7, 11) is 2.08. The molecule has 7 heteroatoms. The summed E-state index contributed by atoms with van der Waals surface area (Å²) in [5.74, 6) is 1.05. The molecule has 7 nitrogen and oxygen atoms in total. The van der Waals surface area contributed by atoms with Crippen LogP contribution in [0.5, 0.6) is 0 Å². The predicted molar refractivity (Wildman–Crippen MR) is 96.7 cm³/mol. The molecule has 0 bridgehead atoms. The van der Waals surface area contributed by atoms with Crippen molar-refractivity contribution >= 4 is 11.5 Å². The molecule has 0 aliphatic carbocycles. The third-order valence-corrected chi connectivity index (χ3v) is 4.73. The molecule has 0 radical (unpaired) electrons. The first-order valence-corrected chi connectivity index (χ1v) is 8.59. The normalized spacial score (nSPS) is 17.7. The van der Waals surface area contributed by atoms with Crippen LogP contribution in [0.1, 0.15) is 12.1 Å². The lowest BCUT2D eigenvalue weighted by atomic mass is 10.1. The summed E-state index contributed by atoms with van der Waals surface area (Å²) in [6, 6.07) is 12.1. The van der Waals surface area contributed by atoms with Crippen LogP contribution in [-0.4, -0.2) is 51.2 Å². The molecule has 1 aliphatic rings. The summed E-state index contributed by atoms with van der Waals surface area (Å²) >= 11 is 0. The Morgan fingerprint density at radius 1 is 1.32 bits per heavy atom. The summed E-state index contributed by atoms with van der Waals surface area (Å²) in [6.07, 6.45) is 2.67. The molecule has 4 rings (SSSR count). The molecular weight excluding hydrogens is 316 g/mol. The second kappa shape index (κ2) is 6.68. The van der Waals surface area contributed by atoms with Gasteiger partial charge in [0.1, 0.15) is 6.33 Å². The lowest BCUT2D eigenvalue weighted by Gasteiger charge is -2.22. The number of anilines is 1. The van der Waals surface area contributed by atoms with Gasteiger partial charge in [-0.2, -0.15) is 4.52 Å². The molecule has 1 saturated heterocycles. The smallest absolute Gasteiger partial charge is 0.274 e. The number of rotatable bonds is 5. The van der Waals surface area contributed by atoms with Gasteiger partial charge in [-0.1, -0.05) is 18.2 Å². The fourth-order valence-corrected chi connectivity index (χ4v) is 3.59. The maximum Gasteiger partial charge on any atom is 0.274 e. The minimum Gasteiger partial charge on any atom is -0.371 e. The molecule has 3 aromatic rings. The number of hydrogen-bond acceptors (Lipinski definition) is 5. The second-order valence-corrected chi connectivity index (χ2v) is 6.74. The molecule has 0 spiro atoms. The molecule has 1 aromatic carbocycles. The Kier molecular flexibility index (Phi) is 4.23. The first kappa shape index (κ1) is 15.8. The highest BCUT2D eigenvalue weighted by molar-refractivity contribution is 5.46. The second-order valence-electron chi connectivity index (χ2n) is 6.74. The van der Waals surface area contributed by atoms with Gasteiger partial charge in [-0.3, -0.25) is 9.89 Å². The van der Waals surface area contributed by atoms with Gasteiger partial charge in [0.05, 0.1) is 5.69 Å². The largest absolute Gasteiger partial charge is 0.371 e. The number of hydrogen-bond donors (Lipinski definition) is 1. The van der Waals surface area contributed by atoms with Gasteiger partial charge in [0.25, 0.3) is 11.3 Å². The van der Waals surface area contributed by atoms with Crippen LogP contribution in [0.2, 0.25) is 0 Å².